The highest BCUT2D eigenvalue weighted by Crippen LogP contribution is 2.25. The van der Waals surface area contributed by atoms with E-state index in [1.165, 1.54) is 0 Å². The largest absolute Gasteiger partial charge is 0.478 e. The third-order valence-electron chi connectivity index (χ3n) is 2.69. The second-order valence-corrected chi connectivity index (χ2v) is 5.93. The molecule has 100 valence electrons. The predicted octanol–water partition coefficient (Wildman–Crippen LogP) is 3.82. The van der Waals surface area contributed by atoms with Gasteiger partial charge in [0.15, 0.2) is 0 Å². The van der Waals surface area contributed by atoms with Crippen LogP contribution >= 0.6 is 27.3 Å². The average molecular weight is 341 g/mol. The van der Waals surface area contributed by atoms with E-state index in [4.69, 9.17) is 5.11 Å². The number of aromatic nitrogens is 1. The van der Waals surface area contributed by atoms with E-state index in [9.17, 15) is 4.79 Å². The third-order valence-corrected chi connectivity index (χ3v) is 4.35. The summed E-state index contributed by atoms with van der Waals surface area (Å²) in [6, 6.07) is 4.95. The van der Waals surface area contributed by atoms with Gasteiger partial charge in [-0.15, -0.1) is 11.3 Å². The van der Waals surface area contributed by atoms with E-state index in [0.29, 0.717) is 5.92 Å². The molecule has 0 aliphatic heterocycles. The van der Waals surface area contributed by atoms with Crippen LogP contribution in [0.15, 0.2) is 34.2 Å². The van der Waals surface area contributed by atoms with E-state index in [-0.39, 0.29) is 5.56 Å². The van der Waals surface area contributed by atoms with E-state index in [0.717, 1.165) is 21.7 Å². The lowest BCUT2D eigenvalue weighted by atomic mass is 10.1. The Kier molecular flexibility index (Phi) is 4.55. The standard InChI is InChI=1S/C13H13BrN2O2S/c1-8(12-15-4-5-19-12)7-16-11-3-2-9(13(17)18)6-10(11)14/h2-6,8,16H,7H2,1H3,(H,17,18). The lowest BCUT2D eigenvalue weighted by molar-refractivity contribution is 0.0697. The molecule has 2 rings (SSSR count). The zero-order valence-electron chi connectivity index (χ0n) is 10.3. The summed E-state index contributed by atoms with van der Waals surface area (Å²) in [4.78, 5) is 15.1. The highest BCUT2D eigenvalue weighted by Gasteiger charge is 2.10. The van der Waals surface area contributed by atoms with E-state index in [1.807, 2.05) is 5.38 Å². The monoisotopic (exact) mass is 340 g/mol. The molecule has 0 radical (unpaired) electrons. The van der Waals surface area contributed by atoms with Gasteiger partial charge in [0.2, 0.25) is 0 Å². The molecule has 0 bridgehead atoms. The molecule has 6 heteroatoms. The molecule has 1 heterocycles. The number of rotatable bonds is 5. The average Bonchev–Trinajstić information content (AvgIpc) is 2.90. The summed E-state index contributed by atoms with van der Waals surface area (Å²) in [5.74, 6) is -0.616. The molecular formula is C13H13BrN2O2S. The third kappa shape index (κ3) is 3.54. The van der Waals surface area contributed by atoms with E-state index in [2.05, 4.69) is 33.2 Å². The minimum atomic E-state index is -0.927. The van der Waals surface area contributed by atoms with Gasteiger partial charge in [-0.3, -0.25) is 0 Å². The maximum absolute atomic E-state index is 10.8. The van der Waals surface area contributed by atoms with Gasteiger partial charge in [0.05, 0.1) is 10.6 Å². The van der Waals surface area contributed by atoms with Gasteiger partial charge in [-0.2, -0.15) is 0 Å². The van der Waals surface area contributed by atoms with Gasteiger partial charge in [-0.1, -0.05) is 6.92 Å². The number of carboxylic acid groups (broad SMARTS) is 1. The maximum Gasteiger partial charge on any atom is 0.335 e. The van der Waals surface area contributed by atoms with Gasteiger partial charge in [-0.25, -0.2) is 9.78 Å². The van der Waals surface area contributed by atoms with Gasteiger partial charge in [0.1, 0.15) is 0 Å². The predicted molar refractivity (Wildman–Crippen MR) is 80.1 cm³/mol. The van der Waals surface area contributed by atoms with E-state index < -0.39 is 5.97 Å². The second kappa shape index (κ2) is 6.16. The highest BCUT2D eigenvalue weighted by molar-refractivity contribution is 9.10. The molecule has 0 amide bonds. The number of carbonyl (C=O) groups is 1. The van der Waals surface area contributed by atoms with Crippen LogP contribution in [-0.2, 0) is 0 Å². The summed E-state index contributed by atoms with van der Waals surface area (Å²) < 4.78 is 0.749. The summed E-state index contributed by atoms with van der Waals surface area (Å²) in [5, 5.41) is 15.2. The van der Waals surface area contributed by atoms with Gasteiger partial charge in [0.25, 0.3) is 0 Å². The number of carboxylic acids is 1. The first-order valence-corrected chi connectivity index (χ1v) is 7.41. The lowest BCUT2D eigenvalue weighted by Gasteiger charge is -2.13. The Morgan fingerprint density at radius 3 is 2.95 bits per heavy atom. The van der Waals surface area contributed by atoms with Crippen LogP contribution in [0.3, 0.4) is 0 Å². The number of anilines is 1. The summed E-state index contributed by atoms with van der Waals surface area (Å²) >= 11 is 5.01. The number of benzene rings is 1. The van der Waals surface area contributed by atoms with Gasteiger partial charge in [-0.05, 0) is 34.1 Å². The van der Waals surface area contributed by atoms with Crippen LogP contribution in [0.1, 0.15) is 28.2 Å². The molecule has 0 saturated heterocycles. The quantitative estimate of drug-likeness (QED) is 0.868. The molecule has 1 atom stereocenters. The number of hydrogen-bond acceptors (Lipinski definition) is 4. The summed E-state index contributed by atoms with van der Waals surface area (Å²) in [6.07, 6.45) is 1.80. The summed E-state index contributed by atoms with van der Waals surface area (Å²) in [5.41, 5.74) is 1.15. The van der Waals surface area contributed by atoms with E-state index in [1.54, 1.807) is 35.7 Å². The molecule has 0 spiro atoms. The highest BCUT2D eigenvalue weighted by atomic mass is 79.9. The first-order valence-electron chi connectivity index (χ1n) is 5.74. The summed E-state index contributed by atoms with van der Waals surface area (Å²) in [6.45, 7) is 2.85. The summed E-state index contributed by atoms with van der Waals surface area (Å²) in [7, 11) is 0. The van der Waals surface area contributed by atoms with Crippen molar-refractivity contribution in [1.82, 2.24) is 4.98 Å². The Morgan fingerprint density at radius 2 is 2.37 bits per heavy atom. The topological polar surface area (TPSA) is 62.2 Å². The zero-order valence-corrected chi connectivity index (χ0v) is 12.7. The van der Waals surface area contributed by atoms with Crippen molar-refractivity contribution in [3.63, 3.8) is 0 Å². The Morgan fingerprint density at radius 1 is 1.58 bits per heavy atom. The smallest absolute Gasteiger partial charge is 0.335 e. The molecular weight excluding hydrogens is 328 g/mol. The Bertz CT molecular complexity index is 572. The van der Waals surface area contributed by atoms with Crippen molar-refractivity contribution in [2.24, 2.45) is 0 Å². The molecule has 0 aliphatic carbocycles. The van der Waals surface area contributed by atoms with Gasteiger partial charge < -0.3 is 10.4 Å². The van der Waals surface area contributed by atoms with Crippen molar-refractivity contribution in [2.75, 3.05) is 11.9 Å². The van der Waals surface area contributed by atoms with Crippen LogP contribution in [0.5, 0.6) is 0 Å². The number of hydrogen-bond donors (Lipinski definition) is 2. The van der Waals surface area contributed by atoms with Crippen molar-refractivity contribution >= 4 is 38.9 Å². The van der Waals surface area contributed by atoms with Crippen molar-refractivity contribution in [2.45, 2.75) is 12.8 Å². The number of thiazole rings is 1. The first-order chi connectivity index (χ1) is 9.08. The van der Waals surface area contributed by atoms with Crippen LogP contribution in [0.2, 0.25) is 0 Å². The SMILES string of the molecule is CC(CNc1ccc(C(=O)O)cc1Br)c1nccs1. The minimum absolute atomic E-state index is 0.269. The van der Waals surface area contributed by atoms with Crippen LogP contribution in [0.4, 0.5) is 5.69 Å². The Balaban J connectivity index is 2.02. The fourth-order valence-corrected chi connectivity index (χ4v) is 2.84. The molecule has 0 fully saturated rings. The second-order valence-electron chi connectivity index (χ2n) is 4.15. The van der Waals surface area contributed by atoms with Gasteiger partial charge >= 0.3 is 5.97 Å². The minimum Gasteiger partial charge on any atom is -0.478 e. The fraction of sp³-hybridized carbons (Fsp3) is 0.231. The van der Waals surface area contributed by atoms with Crippen molar-refractivity contribution < 1.29 is 9.90 Å². The molecule has 2 aromatic rings. The van der Waals surface area contributed by atoms with Crippen LogP contribution in [0.25, 0.3) is 0 Å². The molecule has 1 aromatic carbocycles. The number of nitrogens with zero attached hydrogens (tertiary/aromatic N) is 1. The molecule has 1 unspecified atom stereocenters. The number of aromatic carboxylic acids is 1. The molecule has 1 aromatic heterocycles. The first kappa shape index (κ1) is 14.0. The molecule has 0 aliphatic rings. The molecule has 19 heavy (non-hydrogen) atoms. The molecule has 0 saturated carbocycles. The molecule has 2 N–H and O–H groups in total. The lowest BCUT2D eigenvalue weighted by Crippen LogP contribution is -2.10. The van der Waals surface area contributed by atoms with Crippen LogP contribution in [0, 0.1) is 0 Å². The fourth-order valence-electron chi connectivity index (χ4n) is 1.62. The Hall–Kier alpha value is -1.40. The zero-order chi connectivity index (χ0) is 13.8. The number of halogens is 1. The van der Waals surface area contributed by atoms with Gasteiger partial charge in [0, 0.05) is 34.2 Å². The van der Waals surface area contributed by atoms with E-state index >= 15 is 0 Å². The maximum atomic E-state index is 10.8. The normalized spacial score (nSPS) is 12.1. The molecule has 4 nitrogen and oxygen atoms in total. The van der Waals surface area contributed by atoms with Crippen LogP contribution in [-0.4, -0.2) is 22.6 Å². The van der Waals surface area contributed by atoms with Crippen molar-refractivity contribution in [3.05, 3.63) is 44.8 Å². The Labute approximate surface area is 123 Å². The van der Waals surface area contributed by atoms with Crippen molar-refractivity contribution in [1.29, 1.82) is 0 Å². The van der Waals surface area contributed by atoms with Crippen molar-refractivity contribution in [3.8, 4) is 0 Å². The van der Waals surface area contributed by atoms with Crippen LogP contribution < -0.4 is 5.32 Å². The number of nitrogens with one attached hydrogen (secondary N) is 1.